The van der Waals surface area contributed by atoms with Crippen LogP contribution < -0.4 is 16.4 Å². The average Bonchev–Trinajstić information content (AvgIpc) is 3.10. The van der Waals surface area contributed by atoms with E-state index in [2.05, 4.69) is 20.6 Å². The molecule has 96 valence electrons. The average molecular weight is 249 g/mol. The second-order valence-corrected chi connectivity index (χ2v) is 4.27. The summed E-state index contributed by atoms with van der Waals surface area (Å²) in [6.07, 6.45) is 5.01. The summed E-state index contributed by atoms with van der Waals surface area (Å²) in [5.74, 6) is 0.429. The van der Waals surface area contributed by atoms with E-state index in [1.54, 1.807) is 12.4 Å². The van der Waals surface area contributed by atoms with Crippen molar-refractivity contribution in [1.82, 2.24) is 15.3 Å². The van der Waals surface area contributed by atoms with Gasteiger partial charge in [-0.3, -0.25) is 4.79 Å². The van der Waals surface area contributed by atoms with Crippen LogP contribution in [0.5, 0.6) is 0 Å². The molecule has 1 saturated carbocycles. The van der Waals surface area contributed by atoms with Gasteiger partial charge in [0.25, 0.3) is 0 Å². The van der Waals surface area contributed by atoms with Crippen LogP contribution in [0.4, 0.5) is 10.5 Å². The number of nitrogens with one attached hydrogen (secondary N) is 2. The Balaban J connectivity index is 2.00. The molecule has 0 aromatic carbocycles. The first kappa shape index (κ1) is 12.3. The van der Waals surface area contributed by atoms with Crippen molar-refractivity contribution in [3.8, 4) is 0 Å². The predicted molar refractivity (Wildman–Crippen MR) is 64.7 cm³/mol. The normalized spacial score (nSPS) is 15.8. The summed E-state index contributed by atoms with van der Waals surface area (Å²) in [6, 6.07) is -0.694. The Labute approximate surface area is 104 Å². The molecule has 3 amide bonds. The molecule has 1 aliphatic carbocycles. The molecule has 0 aliphatic heterocycles. The summed E-state index contributed by atoms with van der Waals surface area (Å²) >= 11 is 0. The SMILES string of the molecule is CCc1ncc(NC(=O)C2(NC(N)=O)CC2)cn1. The lowest BCUT2D eigenvalue weighted by Crippen LogP contribution is -2.48. The highest BCUT2D eigenvalue weighted by atomic mass is 16.2. The molecule has 1 aliphatic rings. The van der Waals surface area contributed by atoms with Crippen LogP contribution in [-0.2, 0) is 11.2 Å². The molecule has 2 rings (SSSR count). The molecule has 7 nitrogen and oxygen atoms in total. The van der Waals surface area contributed by atoms with Gasteiger partial charge in [0, 0.05) is 6.42 Å². The zero-order valence-electron chi connectivity index (χ0n) is 10.1. The molecule has 0 radical (unpaired) electrons. The number of urea groups is 1. The molecule has 4 N–H and O–H groups in total. The van der Waals surface area contributed by atoms with Crippen molar-refractivity contribution in [3.05, 3.63) is 18.2 Å². The Bertz CT molecular complexity index is 467. The minimum atomic E-state index is -0.852. The summed E-state index contributed by atoms with van der Waals surface area (Å²) in [5.41, 5.74) is 4.69. The van der Waals surface area contributed by atoms with E-state index in [-0.39, 0.29) is 5.91 Å². The van der Waals surface area contributed by atoms with Crippen molar-refractivity contribution in [2.24, 2.45) is 5.73 Å². The van der Waals surface area contributed by atoms with E-state index in [0.717, 1.165) is 6.42 Å². The quantitative estimate of drug-likeness (QED) is 0.706. The molecule has 0 bridgehead atoms. The maximum absolute atomic E-state index is 11.9. The van der Waals surface area contributed by atoms with Crippen molar-refractivity contribution in [1.29, 1.82) is 0 Å². The van der Waals surface area contributed by atoms with Gasteiger partial charge in [0.15, 0.2) is 0 Å². The molecule has 0 saturated heterocycles. The van der Waals surface area contributed by atoms with E-state index in [0.29, 0.717) is 24.4 Å². The third kappa shape index (κ3) is 2.55. The van der Waals surface area contributed by atoms with Crippen LogP contribution >= 0.6 is 0 Å². The van der Waals surface area contributed by atoms with Gasteiger partial charge in [0.2, 0.25) is 5.91 Å². The van der Waals surface area contributed by atoms with Gasteiger partial charge in [-0.25, -0.2) is 14.8 Å². The molecule has 18 heavy (non-hydrogen) atoms. The van der Waals surface area contributed by atoms with Crippen molar-refractivity contribution in [2.45, 2.75) is 31.7 Å². The number of hydrogen-bond donors (Lipinski definition) is 3. The molecule has 1 fully saturated rings. The number of aromatic nitrogens is 2. The Kier molecular flexibility index (Phi) is 3.14. The minimum Gasteiger partial charge on any atom is -0.352 e. The lowest BCUT2D eigenvalue weighted by Gasteiger charge is -2.15. The molecule has 7 heteroatoms. The molecule has 1 heterocycles. The number of rotatable bonds is 4. The Morgan fingerprint density at radius 1 is 1.39 bits per heavy atom. The van der Waals surface area contributed by atoms with E-state index in [9.17, 15) is 9.59 Å². The number of carbonyl (C=O) groups is 2. The second kappa shape index (κ2) is 4.59. The van der Waals surface area contributed by atoms with E-state index in [1.165, 1.54) is 0 Å². The third-order valence-electron chi connectivity index (χ3n) is 2.83. The molecule has 1 aromatic heterocycles. The van der Waals surface area contributed by atoms with Gasteiger partial charge in [-0.15, -0.1) is 0 Å². The molecule has 1 aromatic rings. The van der Waals surface area contributed by atoms with Crippen molar-refractivity contribution in [2.75, 3.05) is 5.32 Å². The first-order valence-corrected chi connectivity index (χ1v) is 5.76. The number of primary amides is 1. The van der Waals surface area contributed by atoms with Crippen molar-refractivity contribution >= 4 is 17.6 Å². The zero-order valence-corrected chi connectivity index (χ0v) is 10.1. The Morgan fingerprint density at radius 3 is 2.44 bits per heavy atom. The number of carbonyl (C=O) groups excluding carboxylic acids is 2. The van der Waals surface area contributed by atoms with Crippen LogP contribution in [0.3, 0.4) is 0 Å². The van der Waals surface area contributed by atoms with E-state index in [4.69, 9.17) is 5.73 Å². The molecule has 0 spiro atoms. The summed E-state index contributed by atoms with van der Waals surface area (Å²) < 4.78 is 0. The fraction of sp³-hybridized carbons (Fsp3) is 0.455. The van der Waals surface area contributed by atoms with E-state index >= 15 is 0 Å². The van der Waals surface area contributed by atoms with Crippen molar-refractivity contribution < 1.29 is 9.59 Å². The number of aryl methyl sites for hydroxylation is 1. The minimum absolute atomic E-state index is 0.283. The predicted octanol–water partition coefficient (Wildman–Crippen LogP) is 0.178. The third-order valence-corrected chi connectivity index (χ3v) is 2.83. The number of nitrogens with two attached hydrogens (primary N) is 1. The number of anilines is 1. The van der Waals surface area contributed by atoms with Gasteiger partial charge in [0.05, 0.1) is 18.1 Å². The number of amides is 3. The van der Waals surface area contributed by atoms with Crippen LogP contribution in [0.15, 0.2) is 12.4 Å². The topological polar surface area (TPSA) is 110 Å². The van der Waals surface area contributed by atoms with E-state index in [1.807, 2.05) is 6.92 Å². The van der Waals surface area contributed by atoms with Crippen LogP contribution in [0, 0.1) is 0 Å². The summed E-state index contributed by atoms with van der Waals surface area (Å²) in [5, 5.41) is 5.13. The maximum atomic E-state index is 11.9. The highest BCUT2D eigenvalue weighted by Crippen LogP contribution is 2.36. The highest BCUT2D eigenvalue weighted by Gasteiger charge is 2.51. The molecule has 0 unspecified atom stereocenters. The lowest BCUT2D eigenvalue weighted by molar-refractivity contribution is -0.118. The second-order valence-electron chi connectivity index (χ2n) is 4.27. The summed E-state index contributed by atoms with van der Waals surface area (Å²) in [6.45, 7) is 1.95. The fourth-order valence-corrected chi connectivity index (χ4v) is 1.62. The summed E-state index contributed by atoms with van der Waals surface area (Å²) in [7, 11) is 0. The van der Waals surface area contributed by atoms with Crippen LogP contribution in [0.1, 0.15) is 25.6 Å². The molecule has 0 atom stereocenters. The zero-order chi connectivity index (χ0) is 13.2. The monoisotopic (exact) mass is 249 g/mol. The largest absolute Gasteiger partial charge is 0.352 e. The van der Waals surface area contributed by atoms with Gasteiger partial charge >= 0.3 is 6.03 Å². The van der Waals surface area contributed by atoms with Crippen molar-refractivity contribution in [3.63, 3.8) is 0 Å². The number of nitrogens with zero attached hydrogens (tertiary/aromatic N) is 2. The first-order chi connectivity index (χ1) is 8.55. The Morgan fingerprint density at radius 2 is 2.00 bits per heavy atom. The maximum Gasteiger partial charge on any atom is 0.313 e. The highest BCUT2D eigenvalue weighted by molar-refractivity contribution is 6.02. The number of hydrogen-bond acceptors (Lipinski definition) is 4. The van der Waals surface area contributed by atoms with E-state index < -0.39 is 11.6 Å². The standard InChI is InChI=1S/C11H15N5O2/c1-2-8-13-5-7(6-14-8)15-9(17)11(3-4-11)16-10(12)18/h5-6H,2-4H2,1H3,(H,15,17)(H3,12,16,18). The van der Waals surface area contributed by atoms with Gasteiger partial charge in [-0.1, -0.05) is 6.92 Å². The van der Waals surface area contributed by atoms with Crippen LogP contribution in [0.2, 0.25) is 0 Å². The summed E-state index contributed by atoms with van der Waals surface area (Å²) in [4.78, 5) is 30.9. The smallest absolute Gasteiger partial charge is 0.313 e. The molecular weight excluding hydrogens is 234 g/mol. The van der Waals surface area contributed by atoms with Gasteiger partial charge in [-0.2, -0.15) is 0 Å². The van der Waals surface area contributed by atoms with Crippen LogP contribution in [-0.4, -0.2) is 27.4 Å². The van der Waals surface area contributed by atoms with Crippen LogP contribution in [0.25, 0.3) is 0 Å². The van der Waals surface area contributed by atoms with Gasteiger partial charge < -0.3 is 16.4 Å². The molecular formula is C11H15N5O2. The fourth-order valence-electron chi connectivity index (χ4n) is 1.62. The first-order valence-electron chi connectivity index (χ1n) is 5.76. The van der Waals surface area contributed by atoms with Gasteiger partial charge in [0.1, 0.15) is 11.4 Å². The Hall–Kier alpha value is -2.18. The van der Waals surface area contributed by atoms with Gasteiger partial charge in [-0.05, 0) is 12.8 Å². The lowest BCUT2D eigenvalue weighted by atomic mass is 10.2.